The van der Waals surface area contributed by atoms with E-state index in [0.29, 0.717) is 24.9 Å². The van der Waals surface area contributed by atoms with E-state index in [9.17, 15) is 10.0 Å². The van der Waals surface area contributed by atoms with Gasteiger partial charge in [-0.15, -0.1) is 11.8 Å². The Morgan fingerprint density at radius 2 is 2.18 bits per heavy atom. The van der Waals surface area contributed by atoms with E-state index in [1.165, 1.54) is 0 Å². The maximum atomic E-state index is 11.2. The van der Waals surface area contributed by atoms with Crippen LogP contribution in [0.3, 0.4) is 0 Å². The molecule has 0 saturated heterocycles. The monoisotopic (exact) mass is 305 g/mol. The number of hydrogen-bond donors (Lipinski definition) is 1. The normalized spacial score (nSPS) is 30.1. The molecule has 3 fully saturated rings. The SMILES string of the molecule is CCOC(=O)CCCC#CCC1CC2CC(C1=NO)C2(C)C. The van der Waals surface area contributed by atoms with Crippen LogP contribution in [0.1, 0.15) is 59.3 Å². The topological polar surface area (TPSA) is 58.9 Å². The van der Waals surface area contributed by atoms with Crippen molar-refractivity contribution in [3.05, 3.63) is 0 Å². The van der Waals surface area contributed by atoms with Crippen molar-refractivity contribution in [3.8, 4) is 11.8 Å². The number of unbranched alkanes of at least 4 members (excludes halogenated alkanes) is 1. The number of nitrogens with zero attached hydrogens (tertiary/aromatic N) is 1. The number of esters is 1. The highest BCUT2D eigenvalue weighted by molar-refractivity contribution is 5.91. The molecule has 0 aromatic carbocycles. The lowest BCUT2D eigenvalue weighted by molar-refractivity contribution is -0.143. The average molecular weight is 305 g/mol. The van der Waals surface area contributed by atoms with Crippen LogP contribution in [-0.2, 0) is 9.53 Å². The molecule has 0 amide bonds. The predicted molar refractivity (Wildman–Crippen MR) is 85.6 cm³/mol. The summed E-state index contributed by atoms with van der Waals surface area (Å²) in [5, 5.41) is 12.9. The lowest BCUT2D eigenvalue weighted by Gasteiger charge is -2.58. The van der Waals surface area contributed by atoms with Crippen LogP contribution in [0.4, 0.5) is 0 Å². The van der Waals surface area contributed by atoms with Crippen molar-refractivity contribution in [1.29, 1.82) is 0 Å². The number of fused-ring (bicyclic) bond motifs is 2. The van der Waals surface area contributed by atoms with Gasteiger partial charge in [-0.2, -0.15) is 0 Å². The number of carbonyl (C=O) groups is 1. The number of rotatable bonds is 5. The van der Waals surface area contributed by atoms with Crippen LogP contribution in [0, 0.1) is 35.0 Å². The summed E-state index contributed by atoms with van der Waals surface area (Å²) in [6.07, 6.45) is 4.91. The Bertz CT molecular complexity index is 498. The molecule has 3 saturated carbocycles. The van der Waals surface area contributed by atoms with Crippen molar-refractivity contribution in [3.63, 3.8) is 0 Å². The van der Waals surface area contributed by atoms with Crippen LogP contribution in [0.5, 0.6) is 0 Å². The van der Waals surface area contributed by atoms with Gasteiger partial charge in [-0.05, 0) is 37.5 Å². The van der Waals surface area contributed by atoms with Crippen molar-refractivity contribution in [2.75, 3.05) is 6.61 Å². The Hall–Kier alpha value is -1.50. The summed E-state index contributed by atoms with van der Waals surface area (Å²) in [7, 11) is 0. The highest BCUT2D eigenvalue weighted by atomic mass is 16.5. The molecule has 3 unspecified atom stereocenters. The Balaban J connectivity index is 1.74. The molecule has 122 valence electrons. The molecule has 22 heavy (non-hydrogen) atoms. The van der Waals surface area contributed by atoms with Crippen LogP contribution in [0.15, 0.2) is 5.16 Å². The Labute approximate surface area is 133 Å². The minimum absolute atomic E-state index is 0.145. The summed E-state index contributed by atoms with van der Waals surface area (Å²) in [6.45, 7) is 6.80. The molecule has 0 radical (unpaired) electrons. The Kier molecular flexibility index (Phi) is 5.50. The minimum Gasteiger partial charge on any atom is -0.466 e. The zero-order valence-corrected chi connectivity index (χ0v) is 13.9. The molecule has 0 aliphatic heterocycles. The van der Waals surface area contributed by atoms with E-state index in [2.05, 4.69) is 30.8 Å². The standard InChI is InChI=1S/C18H27NO3/c1-4-22-16(20)10-8-6-5-7-9-13-11-14-12-15(17(13)19-21)18(14,2)3/h13-15,21H,4,6,8-12H2,1-3H3. The van der Waals surface area contributed by atoms with Crippen molar-refractivity contribution in [1.82, 2.24) is 0 Å². The minimum atomic E-state index is -0.145. The summed E-state index contributed by atoms with van der Waals surface area (Å²) in [5.41, 5.74) is 1.24. The number of carbonyl (C=O) groups excluding carboxylic acids is 1. The van der Waals surface area contributed by atoms with Gasteiger partial charge in [0.05, 0.1) is 12.3 Å². The Morgan fingerprint density at radius 3 is 2.82 bits per heavy atom. The first-order valence-electron chi connectivity index (χ1n) is 8.33. The first-order valence-corrected chi connectivity index (χ1v) is 8.33. The fourth-order valence-corrected chi connectivity index (χ4v) is 3.84. The van der Waals surface area contributed by atoms with E-state index >= 15 is 0 Å². The van der Waals surface area contributed by atoms with E-state index in [-0.39, 0.29) is 11.4 Å². The second-order valence-electron chi connectivity index (χ2n) is 6.98. The molecular formula is C18H27NO3. The van der Waals surface area contributed by atoms with Gasteiger partial charge in [0.15, 0.2) is 0 Å². The van der Waals surface area contributed by atoms with Crippen molar-refractivity contribution >= 4 is 11.7 Å². The molecule has 0 aromatic rings. The summed E-state index contributed by atoms with van der Waals surface area (Å²) in [6, 6.07) is 0. The lowest BCUT2D eigenvalue weighted by atomic mass is 9.46. The second-order valence-corrected chi connectivity index (χ2v) is 6.98. The summed E-state index contributed by atoms with van der Waals surface area (Å²) >= 11 is 0. The highest BCUT2D eigenvalue weighted by Crippen LogP contribution is 2.59. The third-order valence-corrected chi connectivity index (χ3v) is 5.39. The molecule has 0 aromatic heterocycles. The smallest absolute Gasteiger partial charge is 0.305 e. The molecule has 3 aliphatic carbocycles. The quantitative estimate of drug-likeness (QED) is 0.277. The maximum Gasteiger partial charge on any atom is 0.305 e. The predicted octanol–water partition coefficient (Wildman–Crippen LogP) is 3.63. The molecule has 1 N–H and O–H groups in total. The van der Waals surface area contributed by atoms with Crippen LogP contribution >= 0.6 is 0 Å². The summed E-state index contributed by atoms with van der Waals surface area (Å²) < 4.78 is 4.88. The van der Waals surface area contributed by atoms with Crippen LogP contribution in [0.25, 0.3) is 0 Å². The summed E-state index contributed by atoms with van der Waals surface area (Å²) in [4.78, 5) is 11.2. The highest BCUT2D eigenvalue weighted by Gasteiger charge is 2.56. The molecule has 2 bridgehead atoms. The third kappa shape index (κ3) is 3.45. The van der Waals surface area contributed by atoms with Gasteiger partial charge in [0.2, 0.25) is 0 Å². The molecule has 4 nitrogen and oxygen atoms in total. The van der Waals surface area contributed by atoms with E-state index in [4.69, 9.17) is 4.74 Å². The van der Waals surface area contributed by atoms with Crippen LogP contribution in [0.2, 0.25) is 0 Å². The molecule has 3 aliphatic rings. The van der Waals surface area contributed by atoms with Gasteiger partial charge >= 0.3 is 5.97 Å². The fraction of sp³-hybridized carbons (Fsp3) is 0.778. The van der Waals surface area contributed by atoms with Crippen molar-refractivity contribution in [2.45, 2.75) is 59.3 Å². The first-order chi connectivity index (χ1) is 10.5. The lowest BCUT2D eigenvalue weighted by Crippen LogP contribution is -2.56. The molecule has 0 heterocycles. The largest absolute Gasteiger partial charge is 0.466 e. The van der Waals surface area contributed by atoms with E-state index in [1.807, 2.05) is 6.92 Å². The van der Waals surface area contributed by atoms with Gasteiger partial charge in [-0.3, -0.25) is 4.79 Å². The Morgan fingerprint density at radius 1 is 1.41 bits per heavy atom. The van der Waals surface area contributed by atoms with Gasteiger partial charge < -0.3 is 9.94 Å². The molecule has 4 heteroatoms. The zero-order chi connectivity index (χ0) is 16.2. The molecule has 3 atom stereocenters. The van der Waals surface area contributed by atoms with E-state index < -0.39 is 0 Å². The van der Waals surface area contributed by atoms with Crippen molar-refractivity contribution in [2.24, 2.45) is 28.3 Å². The molecule has 0 spiro atoms. The van der Waals surface area contributed by atoms with Crippen LogP contribution < -0.4 is 0 Å². The van der Waals surface area contributed by atoms with Gasteiger partial charge in [0.1, 0.15) is 0 Å². The first kappa shape index (κ1) is 16.9. The molecular weight excluding hydrogens is 278 g/mol. The fourth-order valence-electron chi connectivity index (χ4n) is 3.84. The van der Waals surface area contributed by atoms with E-state index in [0.717, 1.165) is 43.7 Å². The summed E-state index contributed by atoms with van der Waals surface area (Å²) in [5.74, 6) is 7.65. The number of oxime groups is 1. The average Bonchev–Trinajstić information content (AvgIpc) is 2.50. The van der Waals surface area contributed by atoms with Gasteiger partial charge in [0, 0.05) is 31.1 Å². The third-order valence-electron chi connectivity index (χ3n) is 5.39. The maximum absolute atomic E-state index is 11.2. The zero-order valence-electron chi connectivity index (χ0n) is 13.9. The van der Waals surface area contributed by atoms with Crippen LogP contribution in [-0.4, -0.2) is 23.5 Å². The van der Waals surface area contributed by atoms with Gasteiger partial charge in [-0.25, -0.2) is 0 Å². The second kappa shape index (κ2) is 7.17. The number of ether oxygens (including phenoxy) is 1. The van der Waals surface area contributed by atoms with Crippen molar-refractivity contribution < 1.29 is 14.7 Å². The van der Waals surface area contributed by atoms with E-state index in [1.54, 1.807) is 0 Å². The molecule has 3 rings (SSSR count). The van der Waals surface area contributed by atoms with Gasteiger partial charge in [-0.1, -0.05) is 19.0 Å². The number of hydrogen-bond acceptors (Lipinski definition) is 4. The van der Waals surface area contributed by atoms with Gasteiger partial charge in [0.25, 0.3) is 0 Å².